The zero-order chi connectivity index (χ0) is 22.1. The average Bonchev–Trinajstić information content (AvgIpc) is 2.79. The summed E-state index contributed by atoms with van der Waals surface area (Å²) in [6.07, 6.45) is 5.92. The number of urea groups is 1. The molecule has 0 aliphatic carbocycles. The van der Waals surface area contributed by atoms with Gasteiger partial charge in [0.1, 0.15) is 11.8 Å². The molecule has 164 valence electrons. The van der Waals surface area contributed by atoms with Crippen LogP contribution in [0.25, 0.3) is 0 Å². The van der Waals surface area contributed by atoms with Crippen molar-refractivity contribution >= 4 is 29.1 Å². The molecule has 0 atom stereocenters. The summed E-state index contributed by atoms with van der Waals surface area (Å²) in [4.78, 5) is 20.2. The molecule has 3 rings (SSSR count). The van der Waals surface area contributed by atoms with Crippen LogP contribution in [0.15, 0.2) is 24.5 Å². The van der Waals surface area contributed by atoms with E-state index in [0.717, 1.165) is 38.2 Å². The van der Waals surface area contributed by atoms with Gasteiger partial charge in [0.15, 0.2) is 11.5 Å². The van der Waals surface area contributed by atoms with Gasteiger partial charge in [0.25, 0.3) is 0 Å². The van der Waals surface area contributed by atoms with E-state index in [1.807, 2.05) is 12.1 Å². The summed E-state index contributed by atoms with van der Waals surface area (Å²) in [5, 5.41) is 21.7. The van der Waals surface area contributed by atoms with Gasteiger partial charge in [-0.05, 0) is 69.1 Å². The first-order chi connectivity index (χ1) is 15.1. The lowest BCUT2D eigenvalue weighted by Crippen LogP contribution is -2.34. The number of rotatable bonds is 8. The minimum absolute atomic E-state index is 0.0231. The molecule has 0 spiro atoms. The van der Waals surface area contributed by atoms with E-state index in [-0.39, 0.29) is 11.5 Å². The van der Waals surface area contributed by atoms with E-state index in [2.05, 4.69) is 31.2 Å². The van der Waals surface area contributed by atoms with Crippen molar-refractivity contribution in [1.29, 1.82) is 5.26 Å². The summed E-state index contributed by atoms with van der Waals surface area (Å²) in [6, 6.07) is 4.78. The highest BCUT2D eigenvalue weighted by Gasteiger charge is 2.15. The zero-order valence-electron chi connectivity index (χ0n) is 17.4. The zero-order valence-corrected chi connectivity index (χ0v) is 18.1. The molecular formula is C21H26ClN7O2. The monoisotopic (exact) mass is 443 g/mol. The Bertz CT molecular complexity index is 942. The summed E-state index contributed by atoms with van der Waals surface area (Å²) in [6.45, 7) is 3.99. The van der Waals surface area contributed by atoms with Gasteiger partial charge in [0.05, 0.1) is 12.8 Å². The second-order valence-corrected chi connectivity index (χ2v) is 7.64. The van der Waals surface area contributed by atoms with Crippen molar-refractivity contribution in [1.82, 2.24) is 20.6 Å². The quantitative estimate of drug-likeness (QED) is 0.462. The molecule has 0 radical (unpaired) electrons. The van der Waals surface area contributed by atoms with Crippen LogP contribution in [0.1, 0.15) is 24.1 Å². The maximum atomic E-state index is 12.4. The number of methoxy groups -OCH3 is 1. The summed E-state index contributed by atoms with van der Waals surface area (Å²) >= 11 is 6.45. The number of nitrogens with one attached hydrogen (secondary N) is 4. The molecule has 2 aromatic rings. The minimum Gasteiger partial charge on any atom is -0.495 e. The molecule has 9 nitrogen and oxygen atoms in total. The molecule has 31 heavy (non-hydrogen) atoms. The smallest absolute Gasteiger partial charge is 0.325 e. The van der Waals surface area contributed by atoms with Gasteiger partial charge in [-0.15, -0.1) is 0 Å². The molecular weight excluding hydrogens is 418 g/mol. The number of piperidine rings is 1. The number of carbonyl (C=O) groups is 1. The van der Waals surface area contributed by atoms with Crippen molar-refractivity contribution < 1.29 is 9.53 Å². The van der Waals surface area contributed by atoms with E-state index in [1.165, 1.54) is 32.3 Å². The Kier molecular flexibility index (Phi) is 8.41. The normalized spacial score (nSPS) is 14.0. The fourth-order valence-corrected chi connectivity index (χ4v) is 3.70. The lowest BCUT2D eigenvalue weighted by atomic mass is 9.98. The fraction of sp³-hybridized carbons (Fsp3) is 0.429. The number of hydrogen-bond acceptors (Lipinski definition) is 7. The molecule has 4 N–H and O–H groups in total. The standard InChI is InChI=1S/C21H26ClN7O2/c1-31-19-10-15(4-7-25-13-14-2-5-24-6-3-14)16(22)11-17(19)28-21(30)29-20-18(12-23)26-8-9-27-20/h8-11,14,24-25H,2-7,13H2,1H3,(H2,27,28,29,30). The number of amides is 2. The fourth-order valence-electron chi connectivity index (χ4n) is 3.44. The van der Waals surface area contributed by atoms with Crippen LogP contribution in [0.2, 0.25) is 5.02 Å². The molecule has 0 unspecified atom stereocenters. The predicted octanol–water partition coefficient (Wildman–Crippen LogP) is 2.79. The van der Waals surface area contributed by atoms with Gasteiger partial charge in [-0.25, -0.2) is 14.8 Å². The molecule has 10 heteroatoms. The summed E-state index contributed by atoms with van der Waals surface area (Å²) in [5.41, 5.74) is 1.37. The summed E-state index contributed by atoms with van der Waals surface area (Å²) in [7, 11) is 1.53. The number of carbonyl (C=O) groups excluding carboxylic acids is 1. The van der Waals surface area contributed by atoms with E-state index in [1.54, 1.807) is 6.07 Å². The van der Waals surface area contributed by atoms with Gasteiger partial charge in [-0.1, -0.05) is 11.6 Å². The number of benzene rings is 1. The summed E-state index contributed by atoms with van der Waals surface area (Å²) < 4.78 is 5.43. The number of ether oxygens (including phenoxy) is 1. The molecule has 1 aliphatic heterocycles. The van der Waals surface area contributed by atoms with Crippen molar-refractivity contribution in [2.24, 2.45) is 5.92 Å². The van der Waals surface area contributed by atoms with Crippen LogP contribution in [0.3, 0.4) is 0 Å². The summed E-state index contributed by atoms with van der Waals surface area (Å²) in [5.74, 6) is 1.28. The topological polar surface area (TPSA) is 124 Å². The SMILES string of the molecule is COc1cc(CCNCC2CCNCC2)c(Cl)cc1NC(=O)Nc1nccnc1C#N. The van der Waals surface area contributed by atoms with E-state index in [9.17, 15) is 4.79 Å². The number of nitrogens with zero attached hydrogens (tertiary/aromatic N) is 3. The number of nitriles is 1. The van der Waals surface area contributed by atoms with Gasteiger partial charge in [0.2, 0.25) is 0 Å². The molecule has 1 aliphatic rings. The predicted molar refractivity (Wildman–Crippen MR) is 120 cm³/mol. The van der Waals surface area contributed by atoms with Crippen molar-refractivity contribution in [2.45, 2.75) is 19.3 Å². The second kappa shape index (κ2) is 11.5. The van der Waals surface area contributed by atoms with E-state index in [0.29, 0.717) is 22.4 Å². The Morgan fingerprint density at radius 3 is 2.81 bits per heavy atom. The first-order valence-corrected chi connectivity index (χ1v) is 10.6. The van der Waals surface area contributed by atoms with Crippen LogP contribution in [-0.4, -0.2) is 49.3 Å². The van der Waals surface area contributed by atoms with E-state index in [4.69, 9.17) is 21.6 Å². The van der Waals surface area contributed by atoms with Gasteiger partial charge in [-0.2, -0.15) is 5.26 Å². The lowest BCUT2D eigenvalue weighted by molar-refractivity contribution is 0.262. The molecule has 0 saturated carbocycles. The Hall–Kier alpha value is -2.93. The van der Waals surface area contributed by atoms with E-state index >= 15 is 0 Å². The molecule has 2 heterocycles. The third-order valence-corrected chi connectivity index (χ3v) is 5.47. The van der Waals surface area contributed by atoms with Crippen LogP contribution in [-0.2, 0) is 6.42 Å². The van der Waals surface area contributed by atoms with Crippen LogP contribution < -0.4 is 26.0 Å². The van der Waals surface area contributed by atoms with Crippen molar-refractivity contribution in [3.63, 3.8) is 0 Å². The third-order valence-electron chi connectivity index (χ3n) is 5.12. The molecule has 1 saturated heterocycles. The Balaban J connectivity index is 1.58. The van der Waals surface area contributed by atoms with Crippen LogP contribution >= 0.6 is 11.6 Å². The minimum atomic E-state index is -0.581. The maximum Gasteiger partial charge on any atom is 0.325 e. The first-order valence-electron chi connectivity index (χ1n) is 10.2. The van der Waals surface area contributed by atoms with Crippen LogP contribution in [0, 0.1) is 17.2 Å². The lowest BCUT2D eigenvalue weighted by Gasteiger charge is -2.22. The molecule has 0 bridgehead atoms. The number of halogens is 1. The maximum absolute atomic E-state index is 12.4. The van der Waals surface area contributed by atoms with Gasteiger partial charge in [-0.3, -0.25) is 5.32 Å². The van der Waals surface area contributed by atoms with Crippen LogP contribution in [0.5, 0.6) is 5.75 Å². The largest absolute Gasteiger partial charge is 0.495 e. The van der Waals surface area contributed by atoms with Crippen molar-refractivity contribution in [2.75, 3.05) is 43.9 Å². The van der Waals surface area contributed by atoms with Gasteiger partial charge >= 0.3 is 6.03 Å². The highest BCUT2D eigenvalue weighted by atomic mass is 35.5. The van der Waals surface area contributed by atoms with E-state index < -0.39 is 6.03 Å². The second-order valence-electron chi connectivity index (χ2n) is 7.24. The molecule has 2 amide bonds. The van der Waals surface area contributed by atoms with Crippen molar-refractivity contribution in [3.05, 3.63) is 40.8 Å². The Morgan fingerprint density at radius 2 is 2.06 bits per heavy atom. The number of anilines is 2. The van der Waals surface area contributed by atoms with Crippen LogP contribution in [0.4, 0.5) is 16.3 Å². The van der Waals surface area contributed by atoms with Crippen molar-refractivity contribution in [3.8, 4) is 11.8 Å². The third kappa shape index (κ3) is 6.52. The molecule has 1 fully saturated rings. The highest BCUT2D eigenvalue weighted by molar-refractivity contribution is 6.31. The van der Waals surface area contributed by atoms with Gasteiger partial charge < -0.3 is 20.7 Å². The van der Waals surface area contributed by atoms with Gasteiger partial charge in [0, 0.05) is 17.4 Å². The number of hydrogen-bond donors (Lipinski definition) is 4. The highest BCUT2D eigenvalue weighted by Crippen LogP contribution is 2.31. The molecule has 1 aromatic heterocycles. The first kappa shape index (κ1) is 22.7. The molecule has 1 aromatic carbocycles. The Morgan fingerprint density at radius 1 is 1.29 bits per heavy atom. The Labute approximate surface area is 186 Å². The number of aromatic nitrogens is 2. The average molecular weight is 444 g/mol.